The second-order valence-electron chi connectivity index (χ2n) is 7.93. The van der Waals surface area contributed by atoms with Crippen LogP contribution in [0.15, 0.2) is 60.8 Å². The zero-order chi connectivity index (χ0) is 26.0. The van der Waals surface area contributed by atoms with Crippen LogP contribution < -0.4 is 10.6 Å². The Labute approximate surface area is 203 Å². The average molecular weight is 499 g/mol. The van der Waals surface area contributed by atoms with Crippen molar-refractivity contribution in [3.05, 3.63) is 77.9 Å². The van der Waals surface area contributed by atoms with Gasteiger partial charge in [-0.1, -0.05) is 18.2 Å². The molecule has 0 aliphatic heterocycles. The van der Waals surface area contributed by atoms with Crippen molar-refractivity contribution in [2.75, 3.05) is 5.32 Å². The molecule has 4 aromatic rings. The second kappa shape index (κ2) is 9.76. The third-order valence-electron chi connectivity index (χ3n) is 5.42. The van der Waals surface area contributed by atoms with E-state index in [-0.39, 0.29) is 45.9 Å². The minimum Gasteiger partial charge on any atom is -0.335 e. The largest absolute Gasteiger partial charge is 0.414 e. The van der Waals surface area contributed by atoms with Crippen LogP contribution in [0.5, 0.6) is 0 Å². The molecule has 1 atom stereocenters. The van der Waals surface area contributed by atoms with Crippen LogP contribution in [0.4, 0.5) is 23.2 Å². The molecule has 4 rings (SSSR count). The molecule has 0 unspecified atom stereocenters. The Bertz CT molecular complexity index is 1430. The molecule has 2 amide bonds. The number of amides is 2. The second-order valence-corrected chi connectivity index (χ2v) is 7.93. The number of aryl methyl sites for hydroxylation is 1. The number of imidazole rings is 1. The molecule has 2 N–H and O–H groups in total. The number of benzene rings is 2. The topological polar surface area (TPSA) is 88.9 Å². The summed E-state index contributed by atoms with van der Waals surface area (Å²) in [5, 5.41) is 4.55. The Kier molecular flexibility index (Phi) is 6.73. The molecule has 7 nitrogen and oxygen atoms in total. The molecule has 0 saturated heterocycles. The van der Waals surface area contributed by atoms with Crippen molar-refractivity contribution in [1.29, 1.82) is 0 Å². The van der Waals surface area contributed by atoms with Crippen molar-refractivity contribution in [3.63, 3.8) is 0 Å². The number of nitrogens with one attached hydrogen (secondary N) is 2. The zero-order valence-corrected chi connectivity index (χ0v) is 19.2. The number of fused-ring (bicyclic) bond motifs is 1. The standard InChI is InChI=1S/C25H21F4N5O2/c1-3-34-21-17(24(36)33-22(25(27,28)29)19-10-6-7-11-30-19)12-15(31-14(2)35)13-20(21)32-23(34)16-8-4-5-9-18(16)26/h4-13,22H,3H2,1-2H3,(H,31,35)(H,33,36)/t22-/m1/s1. The molecule has 186 valence electrons. The number of alkyl halides is 3. The van der Waals surface area contributed by atoms with Gasteiger partial charge < -0.3 is 15.2 Å². The molecule has 0 saturated carbocycles. The Morgan fingerprint density at radius 2 is 1.81 bits per heavy atom. The van der Waals surface area contributed by atoms with Gasteiger partial charge in [0.05, 0.1) is 27.9 Å². The minimum absolute atomic E-state index is 0.155. The molecule has 0 fully saturated rings. The van der Waals surface area contributed by atoms with Gasteiger partial charge in [0.1, 0.15) is 11.6 Å². The molecule has 11 heteroatoms. The lowest BCUT2D eigenvalue weighted by Crippen LogP contribution is -2.38. The summed E-state index contributed by atoms with van der Waals surface area (Å²) in [4.78, 5) is 33.2. The van der Waals surface area contributed by atoms with E-state index >= 15 is 0 Å². The van der Waals surface area contributed by atoms with Crippen LogP contribution in [-0.4, -0.2) is 32.5 Å². The van der Waals surface area contributed by atoms with E-state index in [1.807, 2.05) is 5.32 Å². The lowest BCUT2D eigenvalue weighted by molar-refractivity contribution is -0.156. The van der Waals surface area contributed by atoms with Gasteiger partial charge in [0.2, 0.25) is 5.91 Å². The third-order valence-corrected chi connectivity index (χ3v) is 5.42. The Morgan fingerprint density at radius 1 is 1.08 bits per heavy atom. The first kappa shape index (κ1) is 24.8. The lowest BCUT2D eigenvalue weighted by atomic mass is 10.1. The maximum absolute atomic E-state index is 14.6. The number of rotatable bonds is 6. The number of carbonyl (C=O) groups excluding carboxylic acids is 2. The molecular formula is C25H21F4N5O2. The van der Waals surface area contributed by atoms with Gasteiger partial charge in [-0.25, -0.2) is 9.37 Å². The smallest absolute Gasteiger partial charge is 0.335 e. The van der Waals surface area contributed by atoms with Crippen molar-refractivity contribution < 1.29 is 27.2 Å². The molecule has 36 heavy (non-hydrogen) atoms. The molecule has 0 radical (unpaired) electrons. The van der Waals surface area contributed by atoms with Crippen molar-refractivity contribution in [3.8, 4) is 11.4 Å². The lowest BCUT2D eigenvalue weighted by Gasteiger charge is -2.21. The highest BCUT2D eigenvalue weighted by molar-refractivity contribution is 6.08. The van der Waals surface area contributed by atoms with E-state index < -0.39 is 29.8 Å². The van der Waals surface area contributed by atoms with Crippen LogP contribution >= 0.6 is 0 Å². The Hall–Kier alpha value is -4.28. The predicted octanol–water partition coefficient (Wildman–Crippen LogP) is 5.25. The van der Waals surface area contributed by atoms with Crippen LogP contribution in [0.25, 0.3) is 22.4 Å². The first-order valence-electron chi connectivity index (χ1n) is 11.0. The molecule has 0 spiro atoms. The first-order chi connectivity index (χ1) is 17.1. The molecule has 0 aliphatic carbocycles. The fraction of sp³-hybridized carbons (Fsp3) is 0.200. The number of anilines is 1. The summed E-state index contributed by atoms with van der Waals surface area (Å²) in [6, 6.07) is 10.3. The summed E-state index contributed by atoms with van der Waals surface area (Å²) in [6.45, 7) is 3.23. The number of pyridine rings is 1. The summed E-state index contributed by atoms with van der Waals surface area (Å²) < 4.78 is 57.8. The van der Waals surface area contributed by atoms with E-state index in [0.717, 1.165) is 6.07 Å². The maximum atomic E-state index is 14.6. The van der Waals surface area contributed by atoms with Crippen molar-refractivity contribution in [2.24, 2.45) is 0 Å². The highest BCUT2D eigenvalue weighted by Gasteiger charge is 2.43. The average Bonchev–Trinajstić information content (AvgIpc) is 3.19. The van der Waals surface area contributed by atoms with Crippen LogP contribution in [0, 0.1) is 5.82 Å². The number of hydrogen-bond donors (Lipinski definition) is 2. The van der Waals surface area contributed by atoms with Crippen molar-refractivity contribution in [1.82, 2.24) is 19.9 Å². The SMILES string of the molecule is CCn1c(-c2ccccc2F)nc2cc(NC(C)=O)cc(C(=O)N[C@H](c3ccccn3)C(F)(F)F)c21. The summed E-state index contributed by atoms with van der Waals surface area (Å²) in [6.07, 6.45) is -3.63. The van der Waals surface area contributed by atoms with Gasteiger partial charge in [-0.05, 0) is 43.3 Å². The molecular weight excluding hydrogens is 478 g/mol. The minimum atomic E-state index is -4.83. The normalized spacial score (nSPS) is 12.4. The van der Waals surface area contributed by atoms with Crippen LogP contribution in [-0.2, 0) is 11.3 Å². The summed E-state index contributed by atoms with van der Waals surface area (Å²) in [5.74, 6) is -1.87. The van der Waals surface area contributed by atoms with E-state index in [1.54, 1.807) is 17.6 Å². The zero-order valence-electron chi connectivity index (χ0n) is 19.2. The monoisotopic (exact) mass is 499 g/mol. The number of carbonyl (C=O) groups is 2. The molecule has 0 aliphatic rings. The van der Waals surface area contributed by atoms with Crippen LogP contribution in [0.3, 0.4) is 0 Å². The number of aromatic nitrogens is 3. The quantitative estimate of drug-likeness (QED) is 0.355. The fourth-order valence-corrected chi connectivity index (χ4v) is 3.95. The van der Waals surface area contributed by atoms with E-state index in [0.29, 0.717) is 0 Å². The first-order valence-corrected chi connectivity index (χ1v) is 11.0. The van der Waals surface area contributed by atoms with Crippen LogP contribution in [0.1, 0.15) is 35.9 Å². The number of halogens is 4. The van der Waals surface area contributed by atoms with Crippen molar-refractivity contribution >= 4 is 28.5 Å². The highest BCUT2D eigenvalue weighted by atomic mass is 19.4. The Balaban J connectivity index is 1.90. The molecule has 2 aromatic carbocycles. The van der Waals surface area contributed by atoms with Gasteiger partial charge in [-0.15, -0.1) is 0 Å². The van der Waals surface area contributed by atoms with Gasteiger partial charge in [0.25, 0.3) is 5.91 Å². The molecule has 2 aromatic heterocycles. The van der Waals surface area contributed by atoms with E-state index in [1.165, 1.54) is 55.6 Å². The molecule has 0 bridgehead atoms. The molecule has 2 heterocycles. The number of nitrogens with zero attached hydrogens (tertiary/aromatic N) is 3. The van der Waals surface area contributed by atoms with E-state index in [9.17, 15) is 27.2 Å². The van der Waals surface area contributed by atoms with E-state index in [2.05, 4.69) is 15.3 Å². The van der Waals surface area contributed by atoms with Gasteiger partial charge in [-0.3, -0.25) is 14.6 Å². The van der Waals surface area contributed by atoms with E-state index in [4.69, 9.17) is 0 Å². The fourth-order valence-electron chi connectivity index (χ4n) is 3.95. The summed E-state index contributed by atoms with van der Waals surface area (Å²) in [7, 11) is 0. The maximum Gasteiger partial charge on any atom is 0.414 e. The summed E-state index contributed by atoms with van der Waals surface area (Å²) in [5.41, 5.74) is 0.159. The van der Waals surface area contributed by atoms with Gasteiger partial charge in [-0.2, -0.15) is 13.2 Å². The highest BCUT2D eigenvalue weighted by Crippen LogP contribution is 2.34. The predicted molar refractivity (Wildman–Crippen MR) is 126 cm³/mol. The van der Waals surface area contributed by atoms with Gasteiger partial charge in [0.15, 0.2) is 6.04 Å². The van der Waals surface area contributed by atoms with Gasteiger partial charge >= 0.3 is 6.18 Å². The third kappa shape index (κ3) is 4.90. The van der Waals surface area contributed by atoms with Gasteiger partial charge in [0, 0.05) is 25.4 Å². The van der Waals surface area contributed by atoms with Crippen LogP contribution in [0.2, 0.25) is 0 Å². The Morgan fingerprint density at radius 3 is 2.42 bits per heavy atom. The van der Waals surface area contributed by atoms with Crippen molar-refractivity contribution in [2.45, 2.75) is 32.6 Å². The summed E-state index contributed by atoms with van der Waals surface area (Å²) >= 11 is 0. The number of hydrogen-bond acceptors (Lipinski definition) is 4.